The van der Waals surface area contributed by atoms with Gasteiger partial charge in [-0.2, -0.15) is 0 Å². The monoisotopic (exact) mass is 265 g/mol. The van der Waals surface area contributed by atoms with Gasteiger partial charge in [-0.15, -0.1) is 24.2 Å². The Labute approximate surface area is 105 Å². The molecule has 2 rings (SSSR count). The normalized spacial score (nSPS) is 20.7. The maximum Gasteiger partial charge on any atom is 0.223 e. The first kappa shape index (κ1) is 13.0. The fourth-order valence-electron chi connectivity index (χ4n) is 1.48. The SMILES string of the molecule is Cl.Clc1nccc(SC2CCCNC2)n1. The lowest BCUT2D eigenvalue weighted by Gasteiger charge is -2.21. The molecular formula is C9H13Cl2N3S. The van der Waals surface area contributed by atoms with Crippen molar-refractivity contribution in [3.05, 3.63) is 17.5 Å². The molecule has 2 heterocycles. The van der Waals surface area contributed by atoms with E-state index in [1.165, 1.54) is 12.8 Å². The third kappa shape index (κ3) is 4.15. The van der Waals surface area contributed by atoms with Crippen LogP contribution in [0.3, 0.4) is 0 Å². The summed E-state index contributed by atoms with van der Waals surface area (Å²) in [5, 5.41) is 5.30. The van der Waals surface area contributed by atoms with E-state index in [9.17, 15) is 0 Å². The molecule has 1 unspecified atom stereocenters. The molecule has 0 spiro atoms. The lowest BCUT2D eigenvalue weighted by atomic mass is 10.2. The summed E-state index contributed by atoms with van der Waals surface area (Å²) < 4.78 is 0. The van der Waals surface area contributed by atoms with E-state index < -0.39 is 0 Å². The van der Waals surface area contributed by atoms with Crippen LogP contribution >= 0.6 is 35.8 Å². The molecule has 0 aliphatic carbocycles. The molecule has 1 saturated heterocycles. The van der Waals surface area contributed by atoms with Crippen molar-refractivity contribution in [3.8, 4) is 0 Å². The Kier molecular flexibility index (Phi) is 5.68. The van der Waals surface area contributed by atoms with E-state index in [1.54, 1.807) is 18.0 Å². The summed E-state index contributed by atoms with van der Waals surface area (Å²) >= 11 is 7.49. The molecule has 0 radical (unpaired) electrons. The molecule has 15 heavy (non-hydrogen) atoms. The Hall–Kier alpha value is -0.0300. The molecule has 6 heteroatoms. The van der Waals surface area contributed by atoms with Gasteiger partial charge >= 0.3 is 0 Å². The molecule has 84 valence electrons. The molecule has 1 aliphatic rings. The predicted octanol–water partition coefficient (Wildman–Crippen LogP) is 2.40. The summed E-state index contributed by atoms with van der Waals surface area (Å²) in [7, 11) is 0. The quantitative estimate of drug-likeness (QED) is 0.659. The second-order valence-electron chi connectivity index (χ2n) is 3.25. The van der Waals surface area contributed by atoms with Crippen LogP contribution in [-0.4, -0.2) is 28.3 Å². The Balaban J connectivity index is 0.00000112. The molecule has 0 saturated carbocycles. The largest absolute Gasteiger partial charge is 0.316 e. The lowest BCUT2D eigenvalue weighted by molar-refractivity contribution is 0.531. The number of piperidine rings is 1. The summed E-state index contributed by atoms with van der Waals surface area (Å²) in [5.74, 6) is 0. The predicted molar refractivity (Wildman–Crippen MR) is 66.0 cm³/mol. The number of rotatable bonds is 2. The van der Waals surface area contributed by atoms with Gasteiger partial charge in [0.25, 0.3) is 0 Å². The molecule has 3 nitrogen and oxygen atoms in total. The van der Waals surface area contributed by atoms with Crippen LogP contribution in [0.4, 0.5) is 0 Å². The Morgan fingerprint density at radius 1 is 1.53 bits per heavy atom. The fourth-order valence-corrected chi connectivity index (χ4v) is 2.78. The average molecular weight is 266 g/mol. The van der Waals surface area contributed by atoms with Crippen molar-refractivity contribution in [1.82, 2.24) is 15.3 Å². The Morgan fingerprint density at radius 2 is 2.40 bits per heavy atom. The Morgan fingerprint density at radius 3 is 3.07 bits per heavy atom. The molecule has 1 atom stereocenters. The van der Waals surface area contributed by atoms with Gasteiger partial charge in [-0.1, -0.05) is 0 Å². The van der Waals surface area contributed by atoms with Gasteiger partial charge in [-0.05, 0) is 37.1 Å². The van der Waals surface area contributed by atoms with Crippen LogP contribution in [-0.2, 0) is 0 Å². The first-order valence-electron chi connectivity index (χ1n) is 4.70. The van der Waals surface area contributed by atoms with Gasteiger partial charge in [0.2, 0.25) is 5.28 Å². The minimum absolute atomic E-state index is 0. The smallest absolute Gasteiger partial charge is 0.223 e. The van der Waals surface area contributed by atoms with Crippen LogP contribution in [0.25, 0.3) is 0 Å². The van der Waals surface area contributed by atoms with Crippen LogP contribution in [0.15, 0.2) is 17.3 Å². The van der Waals surface area contributed by atoms with Crippen molar-refractivity contribution in [3.63, 3.8) is 0 Å². The van der Waals surface area contributed by atoms with Gasteiger partial charge in [-0.25, -0.2) is 9.97 Å². The minimum Gasteiger partial charge on any atom is -0.316 e. The van der Waals surface area contributed by atoms with Crippen LogP contribution in [0.5, 0.6) is 0 Å². The average Bonchev–Trinajstić information content (AvgIpc) is 2.19. The van der Waals surface area contributed by atoms with Crippen molar-refractivity contribution in [1.29, 1.82) is 0 Å². The molecule has 0 amide bonds. The van der Waals surface area contributed by atoms with Gasteiger partial charge in [0.15, 0.2) is 0 Å². The molecule has 1 N–H and O–H groups in total. The first-order chi connectivity index (χ1) is 6.84. The summed E-state index contributed by atoms with van der Waals surface area (Å²) in [6.07, 6.45) is 4.20. The minimum atomic E-state index is 0. The number of nitrogens with zero attached hydrogens (tertiary/aromatic N) is 2. The number of hydrogen-bond acceptors (Lipinski definition) is 4. The van der Waals surface area contributed by atoms with Gasteiger partial charge in [0, 0.05) is 18.0 Å². The van der Waals surface area contributed by atoms with Gasteiger partial charge < -0.3 is 5.32 Å². The fraction of sp³-hybridized carbons (Fsp3) is 0.556. The van der Waals surface area contributed by atoms with Gasteiger partial charge in [0.05, 0.1) is 0 Å². The van der Waals surface area contributed by atoms with Gasteiger partial charge in [0.1, 0.15) is 5.03 Å². The molecular weight excluding hydrogens is 253 g/mol. The number of nitrogens with one attached hydrogen (secondary N) is 1. The van der Waals surface area contributed by atoms with Crippen molar-refractivity contribution in [2.75, 3.05) is 13.1 Å². The highest BCUT2D eigenvalue weighted by Gasteiger charge is 2.14. The molecule has 1 fully saturated rings. The maximum atomic E-state index is 5.71. The highest BCUT2D eigenvalue weighted by atomic mass is 35.5. The van der Waals surface area contributed by atoms with E-state index in [0.29, 0.717) is 10.5 Å². The van der Waals surface area contributed by atoms with Gasteiger partial charge in [-0.3, -0.25) is 0 Å². The van der Waals surface area contributed by atoms with E-state index in [0.717, 1.165) is 18.1 Å². The van der Waals surface area contributed by atoms with Crippen LogP contribution in [0.2, 0.25) is 5.28 Å². The highest BCUT2D eigenvalue weighted by Crippen LogP contribution is 2.25. The molecule has 0 bridgehead atoms. The van der Waals surface area contributed by atoms with Crippen molar-refractivity contribution >= 4 is 35.8 Å². The third-order valence-electron chi connectivity index (χ3n) is 2.14. The van der Waals surface area contributed by atoms with Crippen LogP contribution in [0, 0.1) is 0 Å². The van der Waals surface area contributed by atoms with E-state index in [2.05, 4.69) is 15.3 Å². The van der Waals surface area contributed by atoms with Crippen LogP contribution < -0.4 is 5.32 Å². The molecule has 0 aromatic carbocycles. The lowest BCUT2D eigenvalue weighted by Crippen LogP contribution is -2.31. The van der Waals surface area contributed by atoms with Crippen LogP contribution in [0.1, 0.15) is 12.8 Å². The van der Waals surface area contributed by atoms with E-state index in [-0.39, 0.29) is 12.4 Å². The van der Waals surface area contributed by atoms with Crippen molar-refractivity contribution in [2.24, 2.45) is 0 Å². The second-order valence-corrected chi connectivity index (χ2v) is 4.91. The Bertz CT molecular complexity index is 305. The van der Waals surface area contributed by atoms with Crippen molar-refractivity contribution in [2.45, 2.75) is 23.1 Å². The zero-order valence-corrected chi connectivity index (χ0v) is 10.5. The number of aromatic nitrogens is 2. The summed E-state index contributed by atoms with van der Waals surface area (Å²) in [5.41, 5.74) is 0. The van der Waals surface area contributed by atoms with E-state index in [4.69, 9.17) is 11.6 Å². The highest BCUT2D eigenvalue weighted by molar-refractivity contribution is 7.99. The zero-order valence-electron chi connectivity index (χ0n) is 8.15. The summed E-state index contributed by atoms with van der Waals surface area (Å²) in [4.78, 5) is 8.02. The second kappa shape index (κ2) is 6.53. The molecule has 1 aliphatic heterocycles. The maximum absolute atomic E-state index is 5.71. The summed E-state index contributed by atoms with van der Waals surface area (Å²) in [6, 6.07) is 1.91. The zero-order chi connectivity index (χ0) is 9.80. The standard InChI is InChI=1S/C9H12ClN3S.ClH/c10-9-12-5-3-8(13-9)14-7-2-1-4-11-6-7;/h3,5,7,11H,1-2,4,6H2;1H. The molecule has 1 aromatic rings. The number of hydrogen-bond donors (Lipinski definition) is 1. The molecule has 1 aromatic heterocycles. The third-order valence-corrected chi connectivity index (χ3v) is 3.53. The number of thioether (sulfide) groups is 1. The number of halogens is 2. The van der Waals surface area contributed by atoms with E-state index >= 15 is 0 Å². The first-order valence-corrected chi connectivity index (χ1v) is 5.96. The summed E-state index contributed by atoms with van der Waals surface area (Å²) in [6.45, 7) is 2.20. The topological polar surface area (TPSA) is 37.8 Å². The van der Waals surface area contributed by atoms with E-state index in [1.807, 2.05) is 6.07 Å². The van der Waals surface area contributed by atoms with Crippen molar-refractivity contribution < 1.29 is 0 Å².